The van der Waals surface area contributed by atoms with Crippen LogP contribution in [0.2, 0.25) is 0 Å². The van der Waals surface area contributed by atoms with Crippen LogP contribution in [0.3, 0.4) is 0 Å². The number of carboxylic acids is 1. The predicted octanol–water partition coefficient (Wildman–Crippen LogP) is 0.209. The maximum absolute atomic E-state index is 11.2. The number of halogens is 1. The number of likely N-dealkylation sites (tertiary alicyclic amines) is 1. The molecule has 1 aliphatic rings. The van der Waals surface area contributed by atoms with Gasteiger partial charge in [0.1, 0.15) is 6.04 Å². The van der Waals surface area contributed by atoms with E-state index in [9.17, 15) is 9.59 Å². The largest absolute Gasteiger partial charge is 0.480 e. The van der Waals surface area contributed by atoms with Crippen molar-refractivity contribution in [1.29, 1.82) is 0 Å². The number of carboxylic acid groups (broad SMARTS) is 1. The predicted molar refractivity (Wildman–Crippen MR) is 51.2 cm³/mol. The molecule has 1 aliphatic heterocycles. The Morgan fingerprint density at radius 2 is 2.23 bits per heavy atom. The van der Waals surface area contributed by atoms with E-state index >= 15 is 0 Å². The van der Waals surface area contributed by atoms with E-state index in [0.29, 0.717) is 13.0 Å². The lowest BCUT2D eigenvalue weighted by Gasteiger charge is -2.21. The first-order valence-corrected chi connectivity index (χ1v) is 4.92. The quantitative estimate of drug-likeness (QED) is 0.520. The van der Waals surface area contributed by atoms with Crippen LogP contribution >= 0.6 is 24.2 Å². The number of carbonyl (C=O) groups excluding carboxylic acids is 1. The van der Waals surface area contributed by atoms with E-state index in [2.05, 4.69) is 12.6 Å². The molecule has 1 rings (SSSR count). The van der Waals surface area contributed by atoms with Crippen LogP contribution in [0.5, 0.6) is 0 Å². The molecule has 0 bridgehead atoms. The van der Waals surface area contributed by atoms with Crippen LogP contribution in [0.1, 0.15) is 6.42 Å². The molecule has 2 atom stereocenters. The van der Waals surface area contributed by atoms with Gasteiger partial charge in [0.2, 0.25) is 5.91 Å². The second-order valence-electron chi connectivity index (χ2n) is 2.83. The number of nitrogens with zero attached hydrogens (tertiary/aromatic N) is 1. The summed E-state index contributed by atoms with van der Waals surface area (Å²) in [6.07, 6.45) is 0.526. The third-order valence-electron chi connectivity index (χ3n) is 2.03. The summed E-state index contributed by atoms with van der Waals surface area (Å²) in [5.41, 5.74) is 0. The van der Waals surface area contributed by atoms with Crippen molar-refractivity contribution >= 4 is 36.1 Å². The molecule has 0 aromatic heterocycles. The molecule has 1 fully saturated rings. The van der Waals surface area contributed by atoms with Crippen LogP contribution in [-0.4, -0.2) is 45.6 Å². The third-order valence-corrected chi connectivity index (χ3v) is 2.76. The van der Waals surface area contributed by atoms with Crippen LogP contribution in [0.4, 0.5) is 0 Å². The summed E-state index contributed by atoms with van der Waals surface area (Å²) in [5.74, 6) is -1.31. The number of hydrogen-bond acceptors (Lipinski definition) is 3. The number of aliphatic carboxylic acids is 1. The molecule has 13 heavy (non-hydrogen) atoms. The van der Waals surface area contributed by atoms with Gasteiger partial charge in [-0.15, -0.1) is 11.6 Å². The topological polar surface area (TPSA) is 57.6 Å². The number of alkyl halides is 1. The third kappa shape index (κ3) is 2.08. The summed E-state index contributed by atoms with van der Waals surface area (Å²) in [7, 11) is 0. The molecule has 1 heterocycles. The van der Waals surface area contributed by atoms with Crippen LogP contribution < -0.4 is 0 Å². The van der Waals surface area contributed by atoms with Gasteiger partial charge in [-0.2, -0.15) is 12.6 Å². The fourth-order valence-corrected chi connectivity index (χ4v) is 1.94. The molecule has 0 saturated carbocycles. The molecule has 0 aromatic rings. The lowest BCUT2D eigenvalue weighted by atomic mass is 10.2. The summed E-state index contributed by atoms with van der Waals surface area (Å²) < 4.78 is 0. The highest BCUT2D eigenvalue weighted by atomic mass is 35.5. The van der Waals surface area contributed by atoms with E-state index in [-0.39, 0.29) is 11.7 Å². The number of carbonyl (C=O) groups is 2. The lowest BCUT2D eigenvalue weighted by molar-refractivity contribution is -0.147. The van der Waals surface area contributed by atoms with Crippen molar-refractivity contribution in [3.63, 3.8) is 0 Å². The summed E-state index contributed by atoms with van der Waals surface area (Å²) in [4.78, 5) is 23.2. The Morgan fingerprint density at radius 3 is 2.69 bits per heavy atom. The number of thiol groups is 1. The zero-order valence-corrected chi connectivity index (χ0v) is 8.46. The number of amides is 1. The standard InChI is InChI=1S/C7H10ClNO3S/c8-4-1-2-9(5(10)3-13)6(4)7(11)12/h4,6,13H,1-3H2,(H,11,12). The normalized spacial score (nSPS) is 27.7. The molecule has 0 aliphatic carbocycles. The van der Waals surface area contributed by atoms with Gasteiger partial charge in [0, 0.05) is 6.54 Å². The zero-order valence-electron chi connectivity index (χ0n) is 6.81. The van der Waals surface area contributed by atoms with Gasteiger partial charge in [0.15, 0.2) is 0 Å². The van der Waals surface area contributed by atoms with Gasteiger partial charge < -0.3 is 10.0 Å². The van der Waals surface area contributed by atoms with E-state index in [0.717, 1.165) is 0 Å². The van der Waals surface area contributed by atoms with Crippen LogP contribution in [-0.2, 0) is 9.59 Å². The maximum atomic E-state index is 11.2. The summed E-state index contributed by atoms with van der Waals surface area (Å²) in [6, 6.07) is -0.888. The van der Waals surface area contributed by atoms with Crippen molar-refractivity contribution in [1.82, 2.24) is 4.90 Å². The van der Waals surface area contributed by atoms with Crippen molar-refractivity contribution in [2.75, 3.05) is 12.3 Å². The molecule has 1 N–H and O–H groups in total. The first-order chi connectivity index (χ1) is 6.07. The molecule has 4 nitrogen and oxygen atoms in total. The minimum Gasteiger partial charge on any atom is -0.480 e. The van der Waals surface area contributed by atoms with Gasteiger partial charge in [-0.25, -0.2) is 4.79 Å². The summed E-state index contributed by atoms with van der Waals surface area (Å²) in [5, 5.41) is 8.31. The van der Waals surface area contributed by atoms with Crippen LogP contribution in [0.25, 0.3) is 0 Å². The molecule has 0 radical (unpaired) electrons. The first-order valence-electron chi connectivity index (χ1n) is 3.85. The molecule has 2 unspecified atom stereocenters. The van der Waals surface area contributed by atoms with Crippen molar-refractivity contribution in [2.24, 2.45) is 0 Å². The Morgan fingerprint density at radius 1 is 1.62 bits per heavy atom. The van der Waals surface area contributed by atoms with Gasteiger partial charge >= 0.3 is 5.97 Å². The Hall–Kier alpha value is -0.420. The van der Waals surface area contributed by atoms with Crippen LogP contribution in [0.15, 0.2) is 0 Å². The molecule has 6 heteroatoms. The monoisotopic (exact) mass is 223 g/mol. The number of rotatable bonds is 2. The van der Waals surface area contributed by atoms with E-state index in [1.807, 2.05) is 0 Å². The molecule has 1 amide bonds. The number of hydrogen-bond donors (Lipinski definition) is 2. The average Bonchev–Trinajstić information content (AvgIpc) is 2.45. The van der Waals surface area contributed by atoms with Gasteiger partial charge in [-0.05, 0) is 6.42 Å². The van der Waals surface area contributed by atoms with E-state index in [4.69, 9.17) is 16.7 Å². The average molecular weight is 224 g/mol. The Kier molecular flexibility index (Phi) is 3.44. The molecular weight excluding hydrogens is 214 g/mol. The van der Waals surface area contributed by atoms with Crippen LogP contribution in [0, 0.1) is 0 Å². The Bertz CT molecular complexity index is 236. The fraction of sp³-hybridized carbons (Fsp3) is 0.714. The second-order valence-corrected chi connectivity index (χ2v) is 3.71. The van der Waals surface area contributed by atoms with Crippen molar-refractivity contribution in [3.8, 4) is 0 Å². The van der Waals surface area contributed by atoms with Crippen molar-refractivity contribution < 1.29 is 14.7 Å². The Labute approximate surface area is 86.3 Å². The van der Waals surface area contributed by atoms with Gasteiger partial charge in [0.25, 0.3) is 0 Å². The highest BCUT2D eigenvalue weighted by molar-refractivity contribution is 7.81. The molecular formula is C7H10ClNO3S. The van der Waals surface area contributed by atoms with E-state index < -0.39 is 17.4 Å². The highest BCUT2D eigenvalue weighted by Crippen LogP contribution is 2.23. The second kappa shape index (κ2) is 4.19. The smallest absolute Gasteiger partial charge is 0.327 e. The summed E-state index contributed by atoms with van der Waals surface area (Å²) in [6.45, 7) is 0.407. The zero-order chi connectivity index (χ0) is 10.0. The molecule has 74 valence electrons. The van der Waals surface area contributed by atoms with Crippen molar-refractivity contribution in [3.05, 3.63) is 0 Å². The Balaban J connectivity index is 2.75. The highest BCUT2D eigenvalue weighted by Gasteiger charge is 2.40. The molecule has 0 aromatic carbocycles. The SMILES string of the molecule is O=C(O)C1C(Cl)CCN1C(=O)CS. The van der Waals surface area contributed by atoms with Gasteiger partial charge in [0.05, 0.1) is 11.1 Å². The van der Waals surface area contributed by atoms with E-state index in [1.54, 1.807) is 0 Å². The fourth-order valence-electron chi connectivity index (χ4n) is 1.41. The summed E-state index contributed by atoms with van der Waals surface area (Å²) >= 11 is 9.57. The van der Waals surface area contributed by atoms with Gasteiger partial charge in [-0.3, -0.25) is 4.79 Å². The van der Waals surface area contributed by atoms with Crippen molar-refractivity contribution in [2.45, 2.75) is 17.8 Å². The molecule has 0 spiro atoms. The maximum Gasteiger partial charge on any atom is 0.327 e. The minimum absolute atomic E-state index is 0.0212. The van der Waals surface area contributed by atoms with Gasteiger partial charge in [-0.1, -0.05) is 0 Å². The van der Waals surface area contributed by atoms with E-state index in [1.165, 1.54) is 4.90 Å². The minimum atomic E-state index is -1.05. The first kappa shape index (κ1) is 10.7. The molecule has 1 saturated heterocycles. The lowest BCUT2D eigenvalue weighted by Crippen LogP contribution is -2.44.